The number of ether oxygens (including phenoxy) is 1. The number of halogens is 2. The fraction of sp³-hybridized carbons (Fsp3) is 0.154. The Kier molecular flexibility index (Phi) is 4.12. The summed E-state index contributed by atoms with van der Waals surface area (Å²) in [6.45, 7) is 0.607. The molecule has 0 aliphatic rings. The number of pyridine rings is 1. The number of hydrogen-bond acceptors (Lipinski definition) is 3. The minimum Gasteiger partial charge on any atom is -0.453 e. The van der Waals surface area contributed by atoms with Gasteiger partial charge in [0, 0.05) is 18.8 Å². The highest BCUT2D eigenvalue weighted by Crippen LogP contribution is 2.26. The molecule has 5 heteroatoms. The molecule has 1 aromatic heterocycles. The van der Waals surface area contributed by atoms with E-state index in [0.29, 0.717) is 17.3 Å². The van der Waals surface area contributed by atoms with Crippen LogP contribution in [0.3, 0.4) is 0 Å². The van der Waals surface area contributed by atoms with E-state index in [2.05, 4.69) is 10.3 Å². The maximum Gasteiger partial charge on any atom is 0.166 e. The molecule has 0 saturated heterocycles. The molecular formula is C13H12ClFN2O. The molecule has 0 spiro atoms. The van der Waals surface area contributed by atoms with Crippen LogP contribution in [0.5, 0.6) is 11.5 Å². The van der Waals surface area contributed by atoms with Crippen molar-refractivity contribution >= 4 is 11.6 Å². The number of rotatable bonds is 4. The molecule has 0 bridgehead atoms. The summed E-state index contributed by atoms with van der Waals surface area (Å²) < 4.78 is 19.1. The maximum absolute atomic E-state index is 13.8. The fourth-order valence-corrected chi connectivity index (χ4v) is 1.68. The van der Waals surface area contributed by atoms with Gasteiger partial charge < -0.3 is 10.1 Å². The molecule has 2 rings (SSSR count). The van der Waals surface area contributed by atoms with Crippen molar-refractivity contribution in [1.82, 2.24) is 10.3 Å². The van der Waals surface area contributed by atoms with E-state index in [4.69, 9.17) is 16.3 Å². The van der Waals surface area contributed by atoms with Crippen molar-refractivity contribution in [2.45, 2.75) is 6.54 Å². The SMILES string of the molecule is CNCc1ccc(Oc2cncc(Cl)c2)c(F)c1. The fourth-order valence-electron chi connectivity index (χ4n) is 1.52. The van der Waals surface area contributed by atoms with Crippen LogP contribution in [-0.4, -0.2) is 12.0 Å². The number of hydrogen-bond donors (Lipinski definition) is 1. The quantitative estimate of drug-likeness (QED) is 0.921. The van der Waals surface area contributed by atoms with Crippen molar-refractivity contribution < 1.29 is 9.13 Å². The van der Waals surface area contributed by atoms with E-state index in [0.717, 1.165) is 5.56 Å². The Hall–Kier alpha value is -1.65. The molecule has 18 heavy (non-hydrogen) atoms. The summed E-state index contributed by atoms with van der Waals surface area (Å²) in [5.41, 5.74) is 0.853. The van der Waals surface area contributed by atoms with Gasteiger partial charge >= 0.3 is 0 Å². The van der Waals surface area contributed by atoms with Crippen LogP contribution in [-0.2, 0) is 6.54 Å². The average molecular weight is 267 g/mol. The lowest BCUT2D eigenvalue weighted by molar-refractivity contribution is 0.440. The lowest BCUT2D eigenvalue weighted by Crippen LogP contribution is -2.05. The van der Waals surface area contributed by atoms with Gasteiger partial charge in [-0.25, -0.2) is 4.39 Å². The van der Waals surface area contributed by atoms with Crippen molar-refractivity contribution in [3.63, 3.8) is 0 Å². The molecule has 0 unspecified atom stereocenters. The van der Waals surface area contributed by atoms with Crippen molar-refractivity contribution in [3.8, 4) is 11.5 Å². The largest absolute Gasteiger partial charge is 0.453 e. The third-order valence-corrected chi connectivity index (χ3v) is 2.49. The van der Waals surface area contributed by atoms with Crippen molar-refractivity contribution in [3.05, 3.63) is 53.1 Å². The van der Waals surface area contributed by atoms with Crippen LogP contribution >= 0.6 is 11.6 Å². The predicted molar refractivity (Wildman–Crippen MR) is 68.5 cm³/mol. The Morgan fingerprint density at radius 1 is 1.33 bits per heavy atom. The molecule has 94 valence electrons. The second-order valence-electron chi connectivity index (χ2n) is 3.74. The number of benzene rings is 1. The summed E-state index contributed by atoms with van der Waals surface area (Å²) in [5.74, 6) is 0.143. The van der Waals surface area contributed by atoms with Crippen molar-refractivity contribution in [2.75, 3.05) is 7.05 Å². The van der Waals surface area contributed by atoms with Crippen molar-refractivity contribution in [2.24, 2.45) is 0 Å². The molecule has 0 aliphatic carbocycles. The zero-order chi connectivity index (χ0) is 13.0. The van der Waals surface area contributed by atoms with Gasteiger partial charge in [-0.05, 0) is 24.7 Å². The zero-order valence-electron chi connectivity index (χ0n) is 9.78. The van der Waals surface area contributed by atoms with E-state index >= 15 is 0 Å². The van der Waals surface area contributed by atoms with Crippen LogP contribution in [0.2, 0.25) is 5.02 Å². The van der Waals surface area contributed by atoms with E-state index in [-0.39, 0.29) is 5.75 Å². The first kappa shape index (κ1) is 12.8. The molecule has 2 aromatic rings. The first-order valence-corrected chi connectivity index (χ1v) is 5.78. The summed E-state index contributed by atoms with van der Waals surface area (Å²) in [7, 11) is 1.81. The number of nitrogens with one attached hydrogen (secondary N) is 1. The molecule has 1 N–H and O–H groups in total. The van der Waals surface area contributed by atoms with Crippen LogP contribution < -0.4 is 10.1 Å². The third-order valence-electron chi connectivity index (χ3n) is 2.28. The van der Waals surface area contributed by atoms with Crippen molar-refractivity contribution in [1.29, 1.82) is 0 Å². The highest BCUT2D eigenvalue weighted by Gasteiger charge is 2.06. The van der Waals surface area contributed by atoms with E-state index in [1.165, 1.54) is 18.5 Å². The van der Waals surface area contributed by atoms with E-state index < -0.39 is 5.82 Å². The van der Waals surface area contributed by atoms with Gasteiger partial charge in [-0.2, -0.15) is 0 Å². The Labute approximate surface area is 110 Å². The lowest BCUT2D eigenvalue weighted by Gasteiger charge is -2.08. The molecule has 0 amide bonds. The van der Waals surface area contributed by atoms with Gasteiger partial charge in [0.1, 0.15) is 5.75 Å². The highest BCUT2D eigenvalue weighted by molar-refractivity contribution is 6.30. The highest BCUT2D eigenvalue weighted by atomic mass is 35.5. The Morgan fingerprint density at radius 3 is 2.83 bits per heavy atom. The Morgan fingerprint density at radius 2 is 2.17 bits per heavy atom. The van der Waals surface area contributed by atoms with Gasteiger partial charge in [0.15, 0.2) is 11.6 Å². The van der Waals surface area contributed by atoms with Gasteiger partial charge in [-0.3, -0.25) is 4.98 Å². The smallest absolute Gasteiger partial charge is 0.166 e. The van der Waals surface area contributed by atoms with Gasteiger partial charge in [-0.15, -0.1) is 0 Å². The molecule has 0 fully saturated rings. The van der Waals surface area contributed by atoms with Gasteiger partial charge in [0.05, 0.1) is 11.2 Å². The summed E-state index contributed by atoms with van der Waals surface area (Å²) in [4.78, 5) is 3.87. The van der Waals surface area contributed by atoms with Gasteiger partial charge in [0.25, 0.3) is 0 Å². The van der Waals surface area contributed by atoms with Crippen LogP contribution in [0.4, 0.5) is 4.39 Å². The molecule has 0 aliphatic heterocycles. The number of aromatic nitrogens is 1. The van der Waals surface area contributed by atoms with E-state index in [1.54, 1.807) is 25.2 Å². The molecule has 0 saturated carbocycles. The Bertz CT molecular complexity index is 548. The maximum atomic E-state index is 13.8. The zero-order valence-corrected chi connectivity index (χ0v) is 10.5. The second kappa shape index (κ2) is 5.80. The first-order valence-electron chi connectivity index (χ1n) is 5.40. The summed E-state index contributed by atoms with van der Waals surface area (Å²) in [5, 5.41) is 3.40. The first-order chi connectivity index (χ1) is 8.69. The summed E-state index contributed by atoms with van der Waals surface area (Å²) >= 11 is 5.77. The molecule has 0 atom stereocenters. The minimum atomic E-state index is -0.414. The molecule has 1 aromatic carbocycles. The standard InChI is InChI=1S/C13H12ClFN2O/c1-16-6-9-2-3-13(12(15)4-9)18-11-5-10(14)7-17-8-11/h2-5,7-8,16H,6H2,1H3. The normalized spacial score (nSPS) is 10.4. The number of nitrogens with zero attached hydrogens (tertiary/aromatic N) is 1. The monoisotopic (exact) mass is 266 g/mol. The van der Waals surface area contributed by atoms with Crippen LogP contribution in [0.15, 0.2) is 36.7 Å². The molecular weight excluding hydrogens is 255 g/mol. The average Bonchev–Trinajstić information content (AvgIpc) is 2.33. The molecule has 1 heterocycles. The van der Waals surface area contributed by atoms with Crippen LogP contribution in [0, 0.1) is 5.82 Å². The topological polar surface area (TPSA) is 34.1 Å². The van der Waals surface area contributed by atoms with Gasteiger partial charge in [-0.1, -0.05) is 17.7 Å². The lowest BCUT2D eigenvalue weighted by atomic mass is 10.2. The van der Waals surface area contributed by atoms with Gasteiger partial charge in [0.2, 0.25) is 0 Å². The molecule has 0 radical (unpaired) electrons. The Balaban J connectivity index is 2.19. The predicted octanol–water partition coefficient (Wildman–Crippen LogP) is 3.39. The summed E-state index contributed by atoms with van der Waals surface area (Å²) in [6, 6.07) is 6.40. The molecule has 3 nitrogen and oxygen atoms in total. The van der Waals surface area contributed by atoms with E-state index in [1.807, 2.05) is 0 Å². The van der Waals surface area contributed by atoms with Crippen LogP contribution in [0.1, 0.15) is 5.56 Å². The summed E-state index contributed by atoms with van der Waals surface area (Å²) in [6.07, 6.45) is 2.97. The third kappa shape index (κ3) is 3.18. The second-order valence-corrected chi connectivity index (χ2v) is 4.17. The van der Waals surface area contributed by atoms with Crippen LogP contribution in [0.25, 0.3) is 0 Å². The van der Waals surface area contributed by atoms with E-state index in [9.17, 15) is 4.39 Å². The minimum absolute atomic E-state index is 0.152.